The molecule has 1 aliphatic heterocycles. The number of nitrogens with zero attached hydrogens (tertiary/aromatic N) is 3. The number of ether oxygens (including phenoxy) is 1. The summed E-state index contributed by atoms with van der Waals surface area (Å²) in [7, 11) is 0. The highest BCUT2D eigenvalue weighted by Crippen LogP contribution is 2.46. The first-order chi connectivity index (χ1) is 19.4. The average Bonchev–Trinajstić information content (AvgIpc) is 3.57. The van der Waals surface area contributed by atoms with Crippen molar-refractivity contribution in [3.63, 3.8) is 0 Å². The third kappa shape index (κ3) is 4.70. The zero-order valence-corrected chi connectivity index (χ0v) is 23.5. The van der Waals surface area contributed by atoms with Crippen LogP contribution in [0, 0.1) is 0 Å². The Balaban J connectivity index is 1.10. The summed E-state index contributed by atoms with van der Waals surface area (Å²) in [6, 6.07) is 16.7. The van der Waals surface area contributed by atoms with Gasteiger partial charge in [0.2, 0.25) is 0 Å². The molecule has 7 nitrogen and oxygen atoms in total. The summed E-state index contributed by atoms with van der Waals surface area (Å²) in [6.45, 7) is 1.85. The van der Waals surface area contributed by atoms with Crippen LogP contribution in [0.5, 0.6) is 5.75 Å². The molecule has 2 aliphatic rings. The Morgan fingerprint density at radius 1 is 1.10 bits per heavy atom. The van der Waals surface area contributed by atoms with Gasteiger partial charge in [0.1, 0.15) is 23.8 Å². The molecule has 0 amide bonds. The van der Waals surface area contributed by atoms with Gasteiger partial charge >= 0.3 is 5.97 Å². The minimum Gasteiger partial charge on any atom is -0.489 e. The van der Waals surface area contributed by atoms with Gasteiger partial charge in [-0.3, -0.25) is 0 Å². The van der Waals surface area contributed by atoms with Gasteiger partial charge in [0.15, 0.2) is 5.13 Å². The van der Waals surface area contributed by atoms with E-state index in [1.165, 1.54) is 22.5 Å². The predicted molar refractivity (Wildman–Crippen MR) is 156 cm³/mol. The number of anilines is 1. The molecular formula is C30H23Cl2N3O4S. The number of thiazole rings is 1. The quantitative estimate of drug-likeness (QED) is 0.205. The minimum atomic E-state index is -0.932. The van der Waals surface area contributed by atoms with E-state index in [0.29, 0.717) is 33.8 Å². The van der Waals surface area contributed by atoms with Crippen LogP contribution in [0.25, 0.3) is 21.5 Å². The summed E-state index contributed by atoms with van der Waals surface area (Å²) in [5.74, 6) is 1.06. The lowest BCUT2D eigenvalue weighted by molar-refractivity contribution is 0.0697. The maximum atomic E-state index is 11.3. The van der Waals surface area contributed by atoms with Gasteiger partial charge in [-0.05, 0) is 72.9 Å². The van der Waals surface area contributed by atoms with Crippen molar-refractivity contribution in [3.8, 4) is 17.0 Å². The second-order valence-electron chi connectivity index (χ2n) is 10.1. The van der Waals surface area contributed by atoms with Crippen molar-refractivity contribution in [2.24, 2.45) is 0 Å². The highest BCUT2D eigenvalue weighted by molar-refractivity contribution is 7.22. The molecule has 0 spiro atoms. The molecule has 1 aliphatic carbocycles. The second kappa shape index (κ2) is 10.1. The Hall–Kier alpha value is -3.59. The minimum absolute atomic E-state index is 0.275. The maximum Gasteiger partial charge on any atom is 0.335 e. The van der Waals surface area contributed by atoms with E-state index in [1.54, 1.807) is 30.3 Å². The first-order valence-electron chi connectivity index (χ1n) is 13.0. The Labute approximate surface area is 243 Å². The first kappa shape index (κ1) is 25.4. The molecule has 1 N–H and O–H groups in total. The summed E-state index contributed by atoms with van der Waals surface area (Å²) >= 11 is 14.5. The molecule has 5 aromatic rings. The molecule has 40 heavy (non-hydrogen) atoms. The lowest BCUT2D eigenvalue weighted by Crippen LogP contribution is -2.30. The third-order valence-electron chi connectivity index (χ3n) is 7.43. The van der Waals surface area contributed by atoms with Crippen LogP contribution in [0.4, 0.5) is 5.13 Å². The van der Waals surface area contributed by atoms with E-state index in [9.17, 15) is 9.90 Å². The number of carboxylic acid groups (broad SMARTS) is 1. The fourth-order valence-corrected chi connectivity index (χ4v) is 6.77. The van der Waals surface area contributed by atoms with E-state index in [-0.39, 0.29) is 5.56 Å². The number of carbonyl (C=O) groups is 1. The standard InChI is InChI=1S/C30H23Cl2N3O4S/c31-22-2-1-3-23(32)26(22)27-21(28(39-34-27)16-4-5-16)15-38-20-8-6-19-14-35(11-10-17(19)12-20)30-33-24-9-7-18(29(36)37)13-25(24)40-30/h1-3,6-9,12-13,16H,4-5,10-11,14-15H2,(H,36,37). The number of rotatable bonds is 7. The molecule has 1 fully saturated rings. The molecule has 0 bridgehead atoms. The fourth-order valence-electron chi connectivity index (χ4n) is 5.17. The molecule has 3 heterocycles. The Bertz CT molecular complexity index is 1760. The Kier molecular flexibility index (Phi) is 6.41. The average molecular weight is 593 g/mol. The van der Waals surface area contributed by atoms with Crippen LogP contribution in [0.2, 0.25) is 10.0 Å². The van der Waals surface area contributed by atoms with Crippen LogP contribution < -0.4 is 9.64 Å². The number of halogens is 2. The Morgan fingerprint density at radius 3 is 2.70 bits per heavy atom. The van der Waals surface area contributed by atoms with Crippen LogP contribution in [-0.4, -0.2) is 27.8 Å². The molecule has 0 atom stereocenters. The van der Waals surface area contributed by atoms with E-state index >= 15 is 0 Å². The van der Waals surface area contributed by atoms with Crippen molar-refractivity contribution < 1.29 is 19.2 Å². The van der Waals surface area contributed by atoms with Crippen LogP contribution in [0.15, 0.2) is 59.1 Å². The molecule has 0 radical (unpaired) electrons. The topological polar surface area (TPSA) is 88.7 Å². The molecule has 202 valence electrons. The zero-order chi connectivity index (χ0) is 27.4. The van der Waals surface area contributed by atoms with Gasteiger partial charge in [-0.25, -0.2) is 9.78 Å². The number of aromatic carboxylic acids is 1. The maximum absolute atomic E-state index is 11.3. The summed E-state index contributed by atoms with van der Waals surface area (Å²) in [5.41, 5.74) is 5.75. The summed E-state index contributed by atoms with van der Waals surface area (Å²) in [4.78, 5) is 18.3. The second-order valence-corrected chi connectivity index (χ2v) is 11.9. The number of carboxylic acids is 1. The van der Waals surface area contributed by atoms with Crippen LogP contribution in [0.3, 0.4) is 0 Å². The molecular weight excluding hydrogens is 569 g/mol. The van der Waals surface area contributed by atoms with Gasteiger partial charge < -0.3 is 19.3 Å². The van der Waals surface area contributed by atoms with Crippen molar-refractivity contribution in [1.29, 1.82) is 0 Å². The first-order valence-corrected chi connectivity index (χ1v) is 14.6. The van der Waals surface area contributed by atoms with Crippen molar-refractivity contribution in [1.82, 2.24) is 10.1 Å². The zero-order valence-electron chi connectivity index (χ0n) is 21.2. The van der Waals surface area contributed by atoms with E-state index < -0.39 is 5.97 Å². The van der Waals surface area contributed by atoms with Gasteiger partial charge in [-0.2, -0.15) is 0 Å². The highest BCUT2D eigenvalue weighted by Gasteiger charge is 2.33. The summed E-state index contributed by atoms with van der Waals surface area (Å²) < 4.78 is 12.9. The molecule has 0 saturated heterocycles. The van der Waals surface area contributed by atoms with Crippen molar-refractivity contribution in [3.05, 3.63) is 92.7 Å². The Morgan fingerprint density at radius 2 is 1.93 bits per heavy atom. The predicted octanol–water partition coefficient (Wildman–Crippen LogP) is 7.98. The monoisotopic (exact) mass is 591 g/mol. The number of fused-ring (bicyclic) bond motifs is 2. The van der Waals surface area contributed by atoms with E-state index in [4.69, 9.17) is 37.4 Å². The molecule has 10 heteroatoms. The van der Waals surface area contributed by atoms with Gasteiger partial charge in [-0.15, -0.1) is 0 Å². The smallest absolute Gasteiger partial charge is 0.335 e. The van der Waals surface area contributed by atoms with Crippen molar-refractivity contribution in [2.75, 3.05) is 11.4 Å². The number of hydrogen-bond acceptors (Lipinski definition) is 7. The van der Waals surface area contributed by atoms with Crippen molar-refractivity contribution in [2.45, 2.75) is 38.3 Å². The SMILES string of the molecule is O=C(O)c1ccc2nc(N3CCc4cc(OCc5c(-c6c(Cl)cccc6Cl)noc5C5CC5)ccc4C3)sc2c1. The van der Waals surface area contributed by atoms with Gasteiger partial charge in [0.05, 0.1) is 31.4 Å². The highest BCUT2D eigenvalue weighted by atomic mass is 35.5. The van der Waals surface area contributed by atoms with Gasteiger partial charge in [0, 0.05) is 24.6 Å². The number of benzene rings is 3. The third-order valence-corrected chi connectivity index (χ3v) is 9.14. The van der Waals surface area contributed by atoms with E-state index in [2.05, 4.69) is 22.2 Å². The molecule has 2 aromatic heterocycles. The lowest BCUT2D eigenvalue weighted by atomic mass is 10.00. The number of aromatic nitrogens is 2. The fraction of sp³-hybridized carbons (Fsp3) is 0.233. The van der Waals surface area contributed by atoms with Crippen molar-refractivity contribution >= 4 is 55.9 Å². The van der Waals surface area contributed by atoms with Gasteiger partial charge in [-0.1, -0.05) is 51.8 Å². The number of hydrogen-bond donors (Lipinski definition) is 1. The van der Waals surface area contributed by atoms with E-state index in [0.717, 1.165) is 64.8 Å². The summed E-state index contributed by atoms with van der Waals surface area (Å²) in [5, 5.41) is 15.6. The largest absolute Gasteiger partial charge is 0.489 e. The normalized spacial score (nSPS) is 14.9. The summed E-state index contributed by atoms with van der Waals surface area (Å²) in [6.07, 6.45) is 3.00. The molecule has 7 rings (SSSR count). The molecule has 0 unspecified atom stereocenters. The van der Waals surface area contributed by atoms with Crippen LogP contribution >= 0.6 is 34.5 Å². The van der Waals surface area contributed by atoms with Crippen LogP contribution in [-0.2, 0) is 19.6 Å². The lowest BCUT2D eigenvalue weighted by Gasteiger charge is -2.28. The molecule has 3 aromatic carbocycles. The van der Waals surface area contributed by atoms with Crippen LogP contribution in [0.1, 0.15) is 51.6 Å². The van der Waals surface area contributed by atoms with Gasteiger partial charge in [0.25, 0.3) is 0 Å². The van der Waals surface area contributed by atoms with E-state index in [1.807, 2.05) is 12.1 Å². The molecule has 1 saturated carbocycles.